The highest BCUT2D eigenvalue weighted by Gasteiger charge is 2.17. The summed E-state index contributed by atoms with van der Waals surface area (Å²) in [5.41, 5.74) is 0.252. The van der Waals surface area contributed by atoms with Crippen molar-refractivity contribution < 1.29 is 9.53 Å². The van der Waals surface area contributed by atoms with Crippen LogP contribution < -0.4 is 15.4 Å². The number of aromatic nitrogens is 1. The standard InChI is InChI=1S/C9H12N4O2S/c1-5(2)15-7-6(4-10)8(16-13-7)12-9(14)11-3/h5H,1-3H3,(H2,11,12,14). The van der Waals surface area contributed by atoms with Crippen molar-refractivity contribution in [1.29, 1.82) is 5.26 Å². The Morgan fingerprint density at radius 2 is 2.31 bits per heavy atom. The summed E-state index contributed by atoms with van der Waals surface area (Å²) in [7, 11) is 1.49. The number of carbonyl (C=O) groups is 1. The molecule has 16 heavy (non-hydrogen) atoms. The zero-order valence-electron chi connectivity index (χ0n) is 9.20. The monoisotopic (exact) mass is 240 g/mol. The van der Waals surface area contributed by atoms with Crippen LogP contribution in [0.4, 0.5) is 9.80 Å². The van der Waals surface area contributed by atoms with Crippen molar-refractivity contribution >= 4 is 22.6 Å². The molecule has 1 aromatic heterocycles. The minimum atomic E-state index is -0.392. The van der Waals surface area contributed by atoms with E-state index < -0.39 is 6.03 Å². The topological polar surface area (TPSA) is 87.0 Å². The Labute approximate surface area is 97.4 Å². The predicted octanol–water partition coefficient (Wildman–Crippen LogP) is 1.55. The molecule has 0 atom stereocenters. The average Bonchev–Trinajstić information content (AvgIpc) is 2.59. The molecule has 0 aromatic carbocycles. The van der Waals surface area contributed by atoms with Gasteiger partial charge in [-0.2, -0.15) is 9.64 Å². The number of nitrogens with zero attached hydrogens (tertiary/aromatic N) is 2. The van der Waals surface area contributed by atoms with Crippen molar-refractivity contribution in [3.05, 3.63) is 5.56 Å². The minimum Gasteiger partial charge on any atom is -0.473 e. The van der Waals surface area contributed by atoms with Crippen LogP contribution >= 0.6 is 11.5 Å². The molecule has 0 bridgehead atoms. The first-order valence-corrected chi connectivity index (χ1v) is 5.41. The van der Waals surface area contributed by atoms with Crippen LogP contribution in [0.5, 0.6) is 5.88 Å². The van der Waals surface area contributed by atoms with Crippen LogP contribution in [0.25, 0.3) is 0 Å². The second-order valence-corrected chi connectivity index (χ2v) is 3.95. The Balaban J connectivity index is 2.91. The van der Waals surface area contributed by atoms with Crippen LogP contribution in [-0.4, -0.2) is 23.6 Å². The molecule has 2 N–H and O–H groups in total. The van der Waals surface area contributed by atoms with Crippen LogP contribution in [-0.2, 0) is 0 Å². The highest BCUT2D eigenvalue weighted by Crippen LogP contribution is 2.30. The van der Waals surface area contributed by atoms with Crippen LogP contribution in [0.1, 0.15) is 19.4 Å². The van der Waals surface area contributed by atoms with E-state index in [1.807, 2.05) is 19.9 Å². The Hall–Kier alpha value is -1.81. The molecule has 0 saturated carbocycles. The zero-order chi connectivity index (χ0) is 12.1. The number of hydrogen-bond acceptors (Lipinski definition) is 5. The number of urea groups is 1. The van der Waals surface area contributed by atoms with Crippen LogP contribution in [0.3, 0.4) is 0 Å². The van der Waals surface area contributed by atoms with Gasteiger partial charge in [0.15, 0.2) is 5.56 Å². The predicted molar refractivity (Wildman–Crippen MR) is 60.7 cm³/mol. The van der Waals surface area contributed by atoms with E-state index in [1.165, 1.54) is 7.05 Å². The number of nitrogens with one attached hydrogen (secondary N) is 2. The molecule has 0 saturated heterocycles. The molecule has 0 aliphatic rings. The van der Waals surface area contributed by atoms with Crippen molar-refractivity contribution in [3.63, 3.8) is 0 Å². The molecule has 0 fully saturated rings. The summed E-state index contributed by atoms with van der Waals surface area (Å²) in [5.74, 6) is 0.258. The molecule has 0 unspecified atom stereocenters. The quantitative estimate of drug-likeness (QED) is 0.839. The number of hydrogen-bond donors (Lipinski definition) is 2. The van der Waals surface area contributed by atoms with Crippen molar-refractivity contribution in [1.82, 2.24) is 9.69 Å². The van der Waals surface area contributed by atoms with E-state index in [4.69, 9.17) is 10.00 Å². The van der Waals surface area contributed by atoms with Crippen molar-refractivity contribution in [2.24, 2.45) is 0 Å². The van der Waals surface area contributed by atoms with Gasteiger partial charge in [0.1, 0.15) is 11.1 Å². The zero-order valence-corrected chi connectivity index (χ0v) is 10.0. The molecule has 0 radical (unpaired) electrons. The van der Waals surface area contributed by atoms with Crippen LogP contribution in [0, 0.1) is 11.3 Å². The van der Waals surface area contributed by atoms with E-state index in [2.05, 4.69) is 15.0 Å². The first-order chi connectivity index (χ1) is 7.58. The average molecular weight is 240 g/mol. The minimum absolute atomic E-state index is 0.0675. The lowest BCUT2D eigenvalue weighted by Gasteiger charge is -2.06. The van der Waals surface area contributed by atoms with E-state index in [0.29, 0.717) is 5.00 Å². The van der Waals surface area contributed by atoms with Gasteiger partial charge in [0, 0.05) is 7.05 Å². The van der Waals surface area contributed by atoms with Gasteiger partial charge >= 0.3 is 6.03 Å². The van der Waals surface area contributed by atoms with Gasteiger partial charge in [-0.15, -0.1) is 0 Å². The number of nitriles is 1. The Morgan fingerprint density at radius 1 is 1.62 bits per heavy atom. The SMILES string of the molecule is CNC(=O)Nc1snc(OC(C)C)c1C#N. The molecule has 1 aromatic rings. The highest BCUT2D eigenvalue weighted by atomic mass is 32.1. The lowest BCUT2D eigenvalue weighted by molar-refractivity contribution is 0.234. The van der Waals surface area contributed by atoms with Gasteiger partial charge < -0.3 is 10.1 Å². The van der Waals surface area contributed by atoms with Gasteiger partial charge in [-0.3, -0.25) is 5.32 Å². The van der Waals surface area contributed by atoms with E-state index >= 15 is 0 Å². The number of carbonyl (C=O) groups excluding carboxylic acids is 1. The molecule has 6 nitrogen and oxygen atoms in total. The normalized spacial score (nSPS) is 9.69. The summed E-state index contributed by atoms with van der Waals surface area (Å²) < 4.78 is 9.31. The second kappa shape index (κ2) is 5.32. The highest BCUT2D eigenvalue weighted by molar-refractivity contribution is 7.10. The van der Waals surface area contributed by atoms with Gasteiger partial charge in [-0.1, -0.05) is 0 Å². The summed E-state index contributed by atoms with van der Waals surface area (Å²) >= 11 is 1.02. The number of ether oxygens (including phenoxy) is 1. The molecule has 2 amide bonds. The summed E-state index contributed by atoms with van der Waals surface area (Å²) in [6.07, 6.45) is -0.0675. The third-order valence-electron chi connectivity index (χ3n) is 1.57. The maximum absolute atomic E-state index is 11.1. The van der Waals surface area contributed by atoms with Gasteiger partial charge in [-0.05, 0) is 25.4 Å². The summed E-state index contributed by atoms with van der Waals surface area (Å²) in [4.78, 5) is 11.1. The molecule has 0 spiro atoms. The van der Waals surface area contributed by atoms with Gasteiger partial charge in [0.25, 0.3) is 0 Å². The van der Waals surface area contributed by atoms with Crippen LogP contribution in [0.2, 0.25) is 0 Å². The maximum atomic E-state index is 11.1. The summed E-state index contributed by atoms with van der Waals surface area (Å²) in [6.45, 7) is 3.68. The Morgan fingerprint density at radius 3 is 2.81 bits per heavy atom. The molecule has 0 aliphatic carbocycles. The lowest BCUT2D eigenvalue weighted by atomic mass is 10.3. The third-order valence-corrected chi connectivity index (χ3v) is 2.32. The first-order valence-electron chi connectivity index (χ1n) is 4.63. The molecule has 86 valence electrons. The Kier molecular flexibility index (Phi) is 4.08. The summed E-state index contributed by atoms with van der Waals surface area (Å²) in [6, 6.07) is 1.57. The number of amides is 2. The van der Waals surface area contributed by atoms with Gasteiger partial charge in [0.05, 0.1) is 6.10 Å². The van der Waals surface area contributed by atoms with E-state index in [0.717, 1.165) is 11.5 Å². The molecule has 1 heterocycles. The van der Waals surface area contributed by atoms with E-state index in [1.54, 1.807) is 0 Å². The van der Waals surface area contributed by atoms with Gasteiger partial charge in [-0.25, -0.2) is 4.79 Å². The largest absolute Gasteiger partial charge is 0.473 e. The number of rotatable bonds is 3. The van der Waals surface area contributed by atoms with Crippen molar-refractivity contribution in [2.75, 3.05) is 12.4 Å². The number of anilines is 1. The van der Waals surface area contributed by atoms with Crippen molar-refractivity contribution in [3.8, 4) is 11.9 Å². The van der Waals surface area contributed by atoms with Crippen LogP contribution in [0.15, 0.2) is 0 Å². The fourth-order valence-electron chi connectivity index (χ4n) is 0.929. The molecule has 1 rings (SSSR count). The fourth-order valence-corrected chi connectivity index (χ4v) is 1.60. The lowest BCUT2D eigenvalue weighted by Crippen LogP contribution is -2.24. The third kappa shape index (κ3) is 2.84. The second-order valence-electron chi connectivity index (χ2n) is 3.17. The smallest absolute Gasteiger partial charge is 0.319 e. The molecular formula is C9H12N4O2S. The fraction of sp³-hybridized carbons (Fsp3) is 0.444. The molecule has 7 heteroatoms. The molecule has 0 aliphatic heterocycles. The first kappa shape index (κ1) is 12.3. The van der Waals surface area contributed by atoms with Gasteiger partial charge in [0.2, 0.25) is 5.88 Å². The van der Waals surface area contributed by atoms with E-state index in [-0.39, 0.29) is 17.5 Å². The van der Waals surface area contributed by atoms with Crippen molar-refractivity contribution in [2.45, 2.75) is 20.0 Å². The molecular weight excluding hydrogens is 228 g/mol. The maximum Gasteiger partial charge on any atom is 0.319 e. The Bertz CT molecular complexity index is 422. The summed E-state index contributed by atoms with van der Waals surface area (Å²) in [5, 5.41) is 14.2. The van der Waals surface area contributed by atoms with E-state index in [9.17, 15) is 4.79 Å².